The summed E-state index contributed by atoms with van der Waals surface area (Å²) in [5.74, 6) is 9.65. The molecule has 8 atom stereocenters. The van der Waals surface area contributed by atoms with Gasteiger partial charge < -0.3 is 15.3 Å². The molecule has 1 spiro atoms. The Morgan fingerprint density at radius 2 is 1.70 bits per heavy atom. The van der Waals surface area contributed by atoms with E-state index in [0.717, 1.165) is 43.3 Å². The maximum absolute atomic E-state index is 6.30. The van der Waals surface area contributed by atoms with Gasteiger partial charge in [0.25, 0.3) is 0 Å². The Morgan fingerprint density at radius 1 is 0.963 bits per heavy atom. The molecule has 152 valence electrons. The van der Waals surface area contributed by atoms with Crippen molar-refractivity contribution in [3.63, 3.8) is 0 Å². The molecule has 1 aliphatic heterocycles. The lowest BCUT2D eigenvalue weighted by atomic mass is 9.42. The third-order valence-corrected chi connectivity index (χ3v) is 10.2. The number of hydrogen-bond acceptors (Lipinski definition) is 4. The van der Waals surface area contributed by atoms with Crippen molar-refractivity contribution in [2.24, 2.45) is 57.3 Å². The van der Waals surface area contributed by atoms with Crippen molar-refractivity contribution >= 4 is 5.71 Å². The lowest BCUT2D eigenvalue weighted by molar-refractivity contribution is -0.288. The van der Waals surface area contributed by atoms with E-state index in [9.17, 15) is 0 Å². The van der Waals surface area contributed by atoms with E-state index >= 15 is 0 Å². The molecule has 0 amide bonds. The summed E-state index contributed by atoms with van der Waals surface area (Å²) in [5, 5.41) is 4.24. The molecule has 5 rings (SSSR count). The summed E-state index contributed by atoms with van der Waals surface area (Å²) < 4.78 is 12.6. The van der Waals surface area contributed by atoms with Crippen molar-refractivity contribution in [2.75, 3.05) is 13.2 Å². The third-order valence-electron chi connectivity index (χ3n) is 10.2. The van der Waals surface area contributed by atoms with Crippen LogP contribution < -0.4 is 5.84 Å². The predicted molar refractivity (Wildman–Crippen MR) is 107 cm³/mol. The molecule has 4 saturated carbocycles. The number of nitrogens with two attached hydrogens (primary N) is 1. The van der Waals surface area contributed by atoms with Crippen molar-refractivity contribution in [1.82, 2.24) is 0 Å². The Balaban J connectivity index is 1.47. The minimum Gasteiger partial charge on any atom is -0.347 e. The molecule has 1 heterocycles. The molecule has 4 heteroatoms. The molecule has 27 heavy (non-hydrogen) atoms. The van der Waals surface area contributed by atoms with Crippen molar-refractivity contribution in [3.05, 3.63) is 0 Å². The van der Waals surface area contributed by atoms with Crippen LogP contribution in [0.2, 0.25) is 0 Å². The maximum Gasteiger partial charge on any atom is 0.173 e. The number of nitrogens with zero attached hydrogens (tertiary/aromatic N) is 1. The van der Waals surface area contributed by atoms with Crippen LogP contribution in [0.15, 0.2) is 5.10 Å². The zero-order chi connectivity index (χ0) is 19.0. The standard InChI is InChI=1S/C23H38N2O2/c1-14-13-22(4)17(15(2)23(14)26-11-12-27-23)6-5-16-18-7-8-20(25-24)21(18,3)10-9-19(16)22/h14-19H,5-13,24H2,1-4H3/b25-20+. The third kappa shape index (κ3) is 2.20. The van der Waals surface area contributed by atoms with Gasteiger partial charge in [-0.3, -0.25) is 0 Å². The van der Waals surface area contributed by atoms with Gasteiger partial charge in [-0.1, -0.05) is 27.7 Å². The zero-order valence-corrected chi connectivity index (χ0v) is 17.7. The minimum atomic E-state index is -0.313. The Bertz CT molecular complexity index is 642. The van der Waals surface area contributed by atoms with Crippen LogP contribution >= 0.6 is 0 Å². The highest BCUT2D eigenvalue weighted by molar-refractivity contribution is 5.92. The SMILES string of the molecule is CC1CC2(C)C3CCC4(C)/C(=N/N)CCC4C3CCC2C(C)C12OCCO2. The Kier molecular flexibility index (Phi) is 4.06. The number of hydrogen-bond donors (Lipinski definition) is 1. The van der Waals surface area contributed by atoms with Gasteiger partial charge in [-0.15, -0.1) is 0 Å². The van der Waals surface area contributed by atoms with Gasteiger partial charge in [-0.2, -0.15) is 5.10 Å². The Labute approximate surface area is 164 Å². The highest BCUT2D eigenvalue weighted by Crippen LogP contribution is 2.68. The first-order valence-electron chi connectivity index (χ1n) is 11.4. The second kappa shape index (κ2) is 5.95. The molecular weight excluding hydrogens is 336 g/mol. The topological polar surface area (TPSA) is 56.8 Å². The van der Waals surface area contributed by atoms with Crippen molar-refractivity contribution in [3.8, 4) is 0 Å². The summed E-state index contributed by atoms with van der Waals surface area (Å²) in [6, 6.07) is 0. The van der Waals surface area contributed by atoms with E-state index in [1.807, 2.05) is 0 Å². The molecule has 4 nitrogen and oxygen atoms in total. The van der Waals surface area contributed by atoms with Gasteiger partial charge in [0.15, 0.2) is 5.79 Å². The van der Waals surface area contributed by atoms with E-state index in [-0.39, 0.29) is 11.2 Å². The predicted octanol–water partition coefficient (Wildman–Crippen LogP) is 4.58. The summed E-state index contributed by atoms with van der Waals surface area (Å²) in [4.78, 5) is 0. The molecule has 8 unspecified atom stereocenters. The van der Waals surface area contributed by atoms with Crippen molar-refractivity contribution in [1.29, 1.82) is 0 Å². The summed E-state index contributed by atoms with van der Waals surface area (Å²) in [5.41, 5.74) is 1.99. The van der Waals surface area contributed by atoms with Gasteiger partial charge in [-0.05, 0) is 74.0 Å². The molecule has 1 saturated heterocycles. The molecular formula is C23H38N2O2. The average Bonchev–Trinajstić information content (AvgIpc) is 3.25. The van der Waals surface area contributed by atoms with E-state index in [0.29, 0.717) is 17.3 Å². The molecule has 5 aliphatic rings. The van der Waals surface area contributed by atoms with Crippen LogP contribution in [0, 0.1) is 46.3 Å². The summed E-state index contributed by atoms with van der Waals surface area (Å²) >= 11 is 0. The zero-order valence-electron chi connectivity index (χ0n) is 17.7. The normalized spacial score (nSPS) is 55.3. The molecule has 0 aromatic rings. The lowest BCUT2D eigenvalue weighted by Crippen LogP contribution is -2.62. The monoisotopic (exact) mass is 374 g/mol. The number of ether oxygens (including phenoxy) is 2. The van der Waals surface area contributed by atoms with Crippen LogP contribution in [0.5, 0.6) is 0 Å². The Hall–Kier alpha value is -0.610. The van der Waals surface area contributed by atoms with E-state index in [2.05, 4.69) is 32.8 Å². The molecule has 4 aliphatic carbocycles. The second-order valence-electron chi connectivity index (χ2n) is 10.9. The Morgan fingerprint density at radius 3 is 2.41 bits per heavy atom. The van der Waals surface area contributed by atoms with E-state index in [4.69, 9.17) is 15.3 Å². The number of rotatable bonds is 0. The molecule has 5 fully saturated rings. The fraction of sp³-hybridized carbons (Fsp3) is 0.957. The summed E-state index contributed by atoms with van der Waals surface area (Å²) in [6.45, 7) is 11.4. The van der Waals surface area contributed by atoms with Gasteiger partial charge in [-0.25, -0.2) is 0 Å². The fourth-order valence-corrected chi connectivity index (χ4v) is 9.13. The molecule has 0 bridgehead atoms. The molecule has 2 N–H and O–H groups in total. The number of fused-ring (bicyclic) bond motifs is 5. The second-order valence-corrected chi connectivity index (χ2v) is 10.9. The largest absolute Gasteiger partial charge is 0.347 e. The fourth-order valence-electron chi connectivity index (χ4n) is 9.13. The number of hydrazone groups is 1. The van der Waals surface area contributed by atoms with Crippen LogP contribution in [0.4, 0.5) is 0 Å². The highest BCUT2D eigenvalue weighted by Gasteiger charge is 2.65. The van der Waals surface area contributed by atoms with E-state index in [1.165, 1.54) is 44.2 Å². The quantitative estimate of drug-likeness (QED) is 0.499. The minimum absolute atomic E-state index is 0.268. The van der Waals surface area contributed by atoms with E-state index in [1.54, 1.807) is 0 Å². The molecule has 0 aromatic carbocycles. The van der Waals surface area contributed by atoms with Gasteiger partial charge in [0.05, 0.1) is 13.2 Å². The first kappa shape index (κ1) is 18.4. The van der Waals surface area contributed by atoms with Gasteiger partial charge in [0.2, 0.25) is 0 Å². The van der Waals surface area contributed by atoms with Crippen LogP contribution in [0.1, 0.15) is 72.6 Å². The molecule has 0 radical (unpaired) electrons. The van der Waals surface area contributed by atoms with Crippen LogP contribution in [-0.2, 0) is 9.47 Å². The highest BCUT2D eigenvalue weighted by atomic mass is 16.7. The van der Waals surface area contributed by atoms with Crippen LogP contribution in [0.25, 0.3) is 0 Å². The van der Waals surface area contributed by atoms with Gasteiger partial charge in [0.1, 0.15) is 0 Å². The first-order chi connectivity index (χ1) is 12.9. The van der Waals surface area contributed by atoms with Crippen molar-refractivity contribution in [2.45, 2.75) is 78.4 Å². The molecule has 0 aromatic heterocycles. The van der Waals surface area contributed by atoms with E-state index < -0.39 is 0 Å². The smallest absolute Gasteiger partial charge is 0.173 e. The van der Waals surface area contributed by atoms with Gasteiger partial charge in [0, 0.05) is 23.0 Å². The maximum atomic E-state index is 6.30. The van der Waals surface area contributed by atoms with Crippen LogP contribution in [-0.4, -0.2) is 24.7 Å². The average molecular weight is 375 g/mol. The van der Waals surface area contributed by atoms with Gasteiger partial charge >= 0.3 is 0 Å². The summed E-state index contributed by atoms with van der Waals surface area (Å²) in [6.07, 6.45) is 9.01. The summed E-state index contributed by atoms with van der Waals surface area (Å²) in [7, 11) is 0. The van der Waals surface area contributed by atoms with Crippen molar-refractivity contribution < 1.29 is 9.47 Å². The van der Waals surface area contributed by atoms with Crippen LogP contribution in [0.3, 0.4) is 0 Å². The first-order valence-corrected chi connectivity index (χ1v) is 11.4. The lowest BCUT2D eigenvalue weighted by Gasteiger charge is -2.64.